The van der Waals surface area contributed by atoms with E-state index in [1.54, 1.807) is 6.92 Å². The lowest BCUT2D eigenvalue weighted by molar-refractivity contribution is -0.196. The van der Waals surface area contributed by atoms with Gasteiger partial charge in [0.15, 0.2) is 6.23 Å². The Balaban J connectivity index is 1.47. The second-order valence-electron chi connectivity index (χ2n) is 9.58. The van der Waals surface area contributed by atoms with Crippen LogP contribution < -0.4 is 11.2 Å². The number of nitrogens with one attached hydrogen (secondary N) is 1. The minimum Gasteiger partial charge on any atom is -0.374 e. The number of rotatable bonds is 9. The van der Waals surface area contributed by atoms with Crippen LogP contribution in [0.1, 0.15) is 42.7 Å². The molecule has 2 bridgehead atoms. The molecule has 2 aromatic carbocycles. The van der Waals surface area contributed by atoms with Gasteiger partial charge < -0.3 is 18.9 Å². The smallest absolute Gasteiger partial charge is 0.330 e. The van der Waals surface area contributed by atoms with E-state index >= 15 is 0 Å². The predicted octanol–water partition coefficient (Wildman–Crippen LogP) is 3.48. The molecule has 1 N–H and O–H groups in total. The van der Waals surface area contributed by atoms with Gasteiger partial charge in [-0.05, 0) is 24.5 Å². The molecule has 8 heteroatoms. The number of aromatic nitrogens is 2. The van der Waals surface area contributed by atoms with E-state index in [4.69, 9.17) is 18.9 Å². The van der Waals surface area contributed by atoms with Crippen molar-refractivity contribution in [3.05, 3.63) is 104 Å². The molecule has 36 heavy (non-hydrogen) atoms. The zero-order valence-electron chi connectivity index (χ0n) is 20.6. The highest BCUT2D eigenvalue weighted by atomic mass is 16.6. The number of fused-ring (bicyclic) bond motifs is 2. The van der Waals surface area contributed by atoms with Crippen LogP contribution >= 0.6 is 0 Å². The molecule has 1 aromatic heterocycles. The molecule has 0 unspecified atom stereocenters. The van der Waals surface area contributed by atoms with Crippen molar-refractivity contribution in [2.24, 2.45) is 0 Å². The molecule has 3 aromatic rings. The summed E-state index contributed by atoms with van der Waals surface area (Å²) < 4.78 is 27.2. The Kier molecular flexibility index (Phi) is 7.20. The van der Waals surface area contributed by atoms with Gasteiger partial charge in [-0.15, -0.1) is 0 Å². The van der Waals surface area contributed by atoms with Gasteiger partial charge in [-0.25, -0.2) is 4.79 Å². The van der Waals surface area contributed by atoms with Crippen molar-refractivity contribution in [3.8, 4) is 0 Å². The van der Waals surface area contributed by atoms with E-state index in [0.717, 1.165) is 17.5 Å². The van der Waals surface area contributed by atoms with Gasteiger partial charge in [0.25, 0.3) is 5.56 Å². The summed E-state index contributed by atoms with van der Waals surface area (Å²) >= 11 is 0. The molecule has 2 fully saturated rings. The summed E-state index contributed by atoms with van der Waals surface area (Å²) in [6, 6.07) is 19.9. The molecule has 0 aliphatic carbocycles. The van der Waals surface area contributed by atoms with Gasteiger partial charge in [0.1, 0.15) is 17.8 Å². The topological polar surface area (TPSA) is 91.8 Å². The van der Waals surface area contributed by atoms with Gasteiger partial charge in [0, 0.05) is 18.2 Å². The molecule has 2 saturated heterocycles. The van der Waals surface area contributed by atoms with Crippen LogP contribution in [0.15, 0.2) is 76.4 Å². The first-order valence-electron chi connectivity index (χ1n) is 12.4. The van der Waals surface area contributed by atoms with Crippen LogP contribution in [0.2, 0.25) is 0 Å². The molecule has 5 rings (SSSR count). The monoisotopic (exact) mass is 492 g/mol. The van der Waals surface area contributed by atoms with Crippen LogP contribution in [0, 0.1) is 6.92 Å². The Morgan fingerprint density at radius 3 is 2.36 bits per heavy atom. The fourth-order valence-electron chi connectivity index (χ4n) is 5.11. The number of aryl methyl sites for hydroxylation is 1. The second kappa shape index (κ2) is 10.5. The highest BCUT2D eigenvalue weighted by Gasteiger charge is 2.62. The van der Waals surface area contributed by atoms with E-state index in [9.17, 15) is 9.59 Å². The third-order valence-electron chi connectivity index (χ3n) is 6.98. The normalized spacial score (nSPS) is 27.3. The van der Waals surface area contributed by atoms with Crippen LogP contribution in [0.4, 0.5) is 0 Å². The fourth-order valence-corrected chi connectivity index (χ4v) is 5.11. The Bertz CT molecular complexity index is 1270. The van der Waals surface area contributed by atoms with Crippen molar-refractivity contribution in [2.75, 3.05) is 6.61 Å². The van der Waals surface area contributed by atoms with Gasteiger partial charge in [0.05, 0.1) is 25.9 Å². The van der Waals surface area contributed by atoms with Crippen molar-refractivity contribution in [1.82, 2.24) is 9.55 Å². The maximum absolute atomic E-state index is 12.8. The summed E-state index contributed by atoms with van der Waals surface area (Å²) in [6.45, 7) is 4.82. The number of nitrogens with zero attached hydrogens (tertiary/aromatic N) is 1. The Labute approximate surface area is 209 Å². The summed E-state index contributed by atoms with van der Waals surface area (Å²) in [5, 5.41) is 0. The molecule has 0 amide bonds. The minimum absolute atomic E-state index is 0.0727. The first-order valence-corrected chi connectivity index (χ1v) is 12.4. The van der Waals surface area contributed by atoms with Gasteiger partial charge in [0.2, 0.25) is 0 Å². The quantitative estimate of drug-likeness (QED) is 0.492. The minimum atomic E-state index is -0.818. The largest absolute Gasteiger partial charge is 0.374 e. The molecule has 0 spiro atoms. The third-order valence-corrected chi connectivity index (χ3v) is 6.98. The first kappa shape index (κ1) is 24.6. The molecular weight excluding hydrogens is 460 g/mol. The summed E-state index contributed by atoms with van der Waals surface area (Å²) in [5.41, 5.74) is 0.741. The van der Waals surface area contributed by atoms with Gasteiger partial charge in [-0.1, -0.05) is 67.6 Å². The SMILES string of the molecule is CC[C@H]1C[C@]2(COCc3ccccc3)O[C@@H](n3cc(C)c(=O)[nH]c3=O)[C@H](O1)[C@@H]2OCc1ccccc1. The van der Waals surface area contributed by atoms with Crippen molar-refractivity contribution in [3.63, 3.8) is 0 Å². The molecule has 0 saturated carbocycles. The van der Waals surface area contributed by atoms with E-state index < -0.39 is 35.3 Å². The number of benzene rings is 2. The Morgan fingerprint density at radius 1 is 1.03 bits per heavy atom. The molecule has 2 aliphatic heterocycles. The van der Waals surface area contributed by atoms with Crippen LogP contribution in [-0.2, 0) is 32.2 Å². The highest BCUT2D eigenvalue weighted by molar-refractivity contribution is 5.16. The van der Waals surface area contributed by atoms with Gasteiger partial charge >= 0.3 is 5.69 Å². The van der Waals surface area contributed by atoms with Gasteiger partial charge in [-0.2, -0.15) is 0 Å². The van der Waals surface area contributed by atoms with E-state index in [0.29, 0.717) is 25.2 Å². The van der Waals surface area contributed by atoms with Crippen molar-refractivity contribution in [1.29, 1.82) is 0 Å². The Hall–Kier alpha value is -3.04. The average molecular weight is 493 g/mol. The second-order valence-corrected chi connectivity index (χ2v) is 9.58. The first-order chi connectivity index (χ1) is 17.5. The van der Waals surface area contributed by atoms with Crippen molar-refractivity contribution < 1.29 is 18.9 Å². The fraction of sp³-hybridized carbons (Fsp3) is 0.429. The summed E-state index contributed by atoms with van der Waals surface area (Å²) in [6.07, 6.45) is 1.04. The summed E-state index contributed by atoms with van der Waals surface area (Å²) in [4.78, 5) is 27.2. The van der Waals surface area contributed by atoms with Crippen LogP contribution in [-0.4, -0.2) is 40.1 Å². The van der Waals surface area contributed by atoms with Crippen molar-refractivity contribution >= 4 is 0 Å². The molecule has 2 aliphatic rings. The number of ether oxygens (including phenoxy) is 4. The van der Waals surface area contributed by atoms with E-state index in [2.05, 4.69) is 11.9 Å². The lowest BCUT2D eigenvalue weighted by atomic mass is 9.85. The van der Waals surface area contributed by atoms with E-state index in [-0.39, 0.29) is 12.7 Å². The highest BCUT2D eigenvalue weighted by Crippen LogP contribution is 2.48. The Morgan fingerprint density at radius 2 is 1.69 bits per heavy atom. The van der Waals surface area contributed by atoms with Crippen LogP contribution in [0.3, 0.4) is 0 Å². The standard InChI is InChI=1S/C28H32N2O6/c1-3-22-14-28(18-33-16-20-10-6-4-7-11-20)24(34-17-21-12-8-5-9-13-21)23(35-22)26(36-28)30-15-19(2)25(31)29-27(30)32/h4-13,15,22-24,26H,3,14,16-18H2,1-2H3,(H,29,31,32)/t22-,23+,24-,26+,28+/m0/s1. The third kappa shape index (κ3) is 4.95. The van der Waals surface area contributed by atoms with Gasteiger partial charge in [-0.3, -0.25) is 14.3 Å². The lowest BCUT2D eigenvalue weighted by Crippen LogP contribution is -2.55. The maximum Gasteiger partial charge on any atom is 0.330 e. The molecule has 5 atom stereocenters. The van der Waals surface area contributed by atoms with Crippen LogP contribution in [0.5, 0.6) is 0 Å². The number of hydrogen-bond acceptors (Lipinski definition) is 6. The molecule has 190 valence electrons. The molecule has 3 heterocycles. The average Bonchev–Trinajstić information content (AvgIpc) is 3.07. The predicted molar refractivity (Wildman–Crippen MR) is 134 cm³/mol. The summed E-state index contributed by atoms with van der Waals surface area (Å²) in [5.74, 6) is 0. The van der Waals surface area contributed by atoms with E-state index in [1.807, 2.05) is 60.7 Å². The maximum atomic E-state index is 12.8. The summed E-state index contributed by atoms with van der Waals surface area (Å²) in [7, 11) is 0. The number of aromatic amines is 1. The zero-order chi connectivity index (χ0) is 25.1. The van der Waals surface area contributed by atoms with E-state index in [1.165, 1.54) is 10.8 Å². The molecule has 8 nitrogen and oxygen atoms in total. The lowest BCUT2D eigenvalue weighted by Gasteiger charge is -2.41. The molecule has 0 radical (unpaired) electrons. The number of hydrogen-bond donors (Lipinski definition) is 1. The zero-order valence-corrected chi connectivity index (χ0v) is 20.6. The van der Waals surface area contributed by atoms with Crippen LogP contribution in [0.25, 0.3) is 0 Å². The van der Waals surface area contributed by atoms with Crippen molar-refractivity contribution in [2.45, 2.75) is 70.0 Å². The number of H-pyrrole nitrogens is 1. The molecular formula is C28H32N2O6.